The molecule has 0 aliphatic rings. The third kappa shape index (κ3) is 2.64. The van der Waals surface area contributed by atoms with Crippen molar-refractivity contribution < 1.29 is 22.0 Å². The SMILES string of the molecule is FC(F)(Br)C(F)(I)C(F)(F)Br. The molecule has 0 aromatic rings. The van der Waals surface area contributed by atoms with Crippen LogP contribution in [-0.4, -0.2) is 13.3 Å². The van der Waals surface area contributed by atoms with Crippen molar-refractivity contribution in [3.8, 4) is 0 Å². The minimum Gasteiger partial charge on any atom is -0.217 e. The van der Waals surface area contributed by atoms with Gasteiger partial charge in [0.25, 0.3) is 0 Å². The molecule has 0 rings (SSSR count). The standard InChI is InChI=1S/C3Br2F5I/c4-2(7,8)1(6,11)3(5,9)10. The Balaban J connectivity index is 4.75. The highest BCUT2D eigenvalue weighted by atomic mass is 127. The molecule has 0 nitrogen and oxygen atoms in total. The van der Waals surface area contributed by atoms with Crippen LogP contribution in [0.25, 0.3) is 0 Å². The summed E-state index contributed by atoms with van der Waals surface area (Å²) in [5.74, 6) is 0. The fraction of sp³-hybridized carbons (Fsp3) is 1.00. The van der Waals surface area contributed by atoms with Gasteiger partial charge in [-0.25, -0.2) is 4.39 Å². The topological polar surface area (TPSA) is 0 Å². The van der Waals surface area contributed by atoms with Crippen LogP contribution in [0.1, 0.15) is 0 Å². The number of alkyl halides is 8. The minimum absolute atomic E-state index is 0.329. The molecule has 0 aliphatic carbocycles. The van der Waals surface area contributed by atoms with Crippen LogP contribution in [0.5, 0.6) is 0 Å². The highest BCUT2D eigenvalue weighted by Gasteiger charge is 2.66. The lowest BCUT2D eigenvalue weighted by Gasteiger charge is -2.27. The molecule has 0 atom stereocenters. The smallest absolute Gasteiger partial charge is 0.217 e. The lowest BCUT2D eigenvalue weighted by Crippen LogP contribution is -2.45. The van der Waals surface area contributed by atoms with Crippen LogP contribution in [0.15, 0.2) is 0 Å². The van der Waals surface area contributed by atoms with Crippen LogP contribution in [0.2, 0.25) is 0 Å². The molecule has 0 heterocycles. The molecule has 0 aromatic heterocycles. The first-order chi connectivity index (χ1) is 4.50. The van der Waals surface area contributed by atoms with Crippen LogP contribution in [0.3, 0.4) is 0 Å². The summed E-state index contributed by atoms with van der Waals surface area (Å²) in [7, 11) is 0. The molecule has 0 N–H and O–H groups in total. The quantitative estimate of drug-likeness (QED) is 0.361. The lowest BCUT2D eigenvalue weighted by molar-refractivity contribution is -0.0897. The van der Waals surface area contributed by atoms with Crippen molar-refractivity contribution in [1.82, 2.24) is 0 Å². The van der Waals surface area contributed by atoms with Crippen molar-refractivity contribution >= 4 is 54.5 Å². The van der Waals surface area contributed by atoms with Gasteiger partial charge in [-0.15, -0.1) is 0 Å². The van der Waals surface area contributed by atoms with E-state index >= 15 is 0 Å². The Labute approximate surface area is 89.3 Å². The average Bonchev–Trinajstić information content (AvgIpc) is 1.58. The number of hydrogen-bond acceptors (Lipinski definition) is 0. The Hall–Kier alpha value is 1.34. The fourth-order valence-electron chi connectivity index (χ4n) is 0.161. The molecule has 0 radical (unpaired) electrons. The Morgan fingerprint density at radius 2 is 1.00 bits per heavy atom. The largest absolute Gasteiger partial charge is 0.350 e. The molecule has 0 amide bonds. The van der Waals surface area contributed by atoms with Gasteiger partial charge in [0, 0.05) is 0 Å². The molecule has 0 saturated carbocycles. The predicted molar refractivity (Wildman–Crippen MR) is 45.6 cm³/mol. The van der Waals surface area contributed by atoms with Gasteiger partial charge in [-0.3, -0.25) is 0 Å². The Kier molecular flexibility index (Phi) is 3.64. The van der Waals surface area contributed by atoms with E-state index in [9.17, 15) is 22.0 Å². The average molecular weight is 418 g/mol. The van der Waals surface area contributed by atoms with Crippen LogP contribution < -0.4 is 0 Å². The minimum atomic E-state index is -4.28. The first-order valence-corrected chi connectivity index (χ1v) is 4.68. The maximum atomic E-state index is 12.5. The summed E-state index contributed by atoms with van der Waals surface area (Å²) in [5.41, 5.74) is 0. The van der Waals surface area contributed by atoms with Crippen LogP contribution in [0.4, 0.5) is 22.0 Å². The summed E-state index contributed by atoms with van der Waals surface area (Å²) in [6, 6.07) is 0. The van der Waals surface area contributed by atoms with E-state index in [-0.39, 0.29) is 0 Å². The van der Waals surface area contributed by atoms with Crippen molar-refractivity contribution in [2.45, 2.75) is 13.3 Å². The highest BCUT2D eigenvalue weighted by molar-refractivity contribution is 14.1. The molecular formula is C3Br2F5I. The zero-order valence-corrected chi connectivity index (χ0v) is 9.85. The zero-order chi connectivity index (χ0) is 9.50. The van der Waals surface area contributed by atoms with Crippen LogP contribution >= 0.6 is 54.5 Å². The normalized spacial score (nSPS) is 15.3. The van der Waals surface area contributed by atoms with Gasteiger partial charge in [0.05, 0.1) is 0 Å². The molecule has 0 aromatic carbocycles. The van der Waals surface area contributed by atoms with Gasteiger partial charge in [0.2, 0.25) is 0 Å². The van der Waals surface area contributed by atoms with Crippen molar-refractivity contribution in [2.75, 3.05) is 0 Å². The van der Waals surface area contributed by atoms with Crippen molar-refractivity contribution in [2.24, 2.45) is 0 Å². The van der Waals surface area contributed by atoms with Gasteiger partial charge < -0.3 is 0 Å². The molecule has 68 valence electrons. The van der Waals surface area contributed by atoms with Crippen LogP contribution in [-0.2, 0) is 0 Å². The summed E-state index contributed by atoms with van der Waals surface area (Å²) < 4.78 is 56.6. The maximum absolute atomic E-state index is 12.5. The zero-order valence-electron chi connectivity index (χ0n) is 4.52. The summed E-state index contributed by atoms with van der Waals surface area (Å²) in [6.45, 7) is 0. The maximum Gasteiger partial charge on any atom is 0.350 e. The number of halogens is 8. The van der Waals surface area contributed by atoms with Gasteiger partial charge in [0.15, 0.2) is 0 Å². The van der Waals surface area contributed by atoms with Crippen molar-refractivity contribution in [3.05, 3.63) is 0 Å². The van der Waals surface area contributed by atoms with Gasteiger partial charge >= 0.3 is 13.3 Å². The Bertz CT molecular complexity index is 131. The van der Waals surface area contributed by atoms with Gasteiger partial charge in [-0.2, -0.15) is 17.6 Å². The molecule has 0 fully saturated rings. The third-order valence-electron chi connectivity index (χ3n) is 0.712. The fourth-order valence-corrected chi connectivity index (χ4v) is 0.925. The monoisotopic (exact) mass is 416 g/mol. The van der Waals surface area contributed by atoms with E-state index in [0.29, 0.717) is 22.6 Å². The van der Waals surface area contributed by atoms with Crippen molar-refractivity contribution in [3.63, 3.8) is 0 Å². The second kappa shape index (κ2) is 3.24. The molecular weight excluding hydrogens is 418 g/mol. The molecule has 0 unspecified atom stereocenters. The third-order valence-corrected chi connectivity index (χ3v) is 4.64. The summed E-state index contributed by atoms with van der Waals surface area (Å²) in [6.07, 6.45) is 0. The van der Waals surface area contributed by atoms with Gasteiger partial charge in [-0.1, -0.05) is 0 Å². The lowest BCUT2D eigenvalue weighted by atomic mass is 10.4. The molecule has 11 heavy (non-hydrogen) atoms. The predicted octanol–water partition coefficient (Wildman–Crippen LogP) is 4.06. The molecule has 0 aliphatic heterocycles. The van der Waals surface area contributed by atoms with E-state index < -0.39 is 13.3 Å². The van der Waals surface area contributed by atoms with Crippen LogP contribution in [0, 0.1) is 0 Å². The molecule has 0 bridgehead atoms. The molecule has 8 heteroatoms. The van der Waals surface area contributed by atoms with E-state index in [2.05, 4.69) is 0 Å². The summed E-state index contributed by atoms with van der Waals surface area (Å²) in [4.78, 5) is -8.57. The number of rotatable bonds is 2. The second-order valence-corrected chi connectivity index (χ2v) is 5.05. The Morgan fingerprint density at radius 1 is 0.818 bits per heavy atom. The first kappa shape index (κ1) is 12.3. The first-order valence-electron chi connectivity index (χ1n) is 2.01. The molecule has 0 spiro atoms. The van der Waals surface area contributed by atoms with E-state index in [4.69, 9.17) is 0 Å². The summed E-state index contributed by atoms with van der Waals surface area (Å²) in [5, 5.41) is 0. The van der Waals surface area contributed by atoms with Crippen molar-refractivity contribution in [1.29, 1.82) is 0 Å². The van der Waals surface area contributed by atoms with E-state index in [1.807, 2.05) is 0 Å². The Morgan fingerprint density at radius 3 is 1.00 bits per heavy atom. The van der Waals surface area contributed by atoms with E-state index in [0.717, 1.165) is 0 Å². The summed E-state index contributed by atoms with van der Waals surface area (Å²) >= 11 is 3.35. The van der Waals surface area contributed by atoms with E-state index in [1.165, 1.54) is 31.9 Å². The van der Waals surface area contributed by atoms with E-state index in [1.54, 1.807) is 0 Å². The second-order valence-electron chi connectivity index (χ2n) is 1.57. The highest BCUT2D eigenvalue weighted by Crippen LogP contribution is 2.54. The van der Waals surface area contributed by atoms with Gasteiger partial charge in [0.1, 0.15) is 0 Å². The van der Waals surface area contributed by atoms with Gasteiger partial charge in [-0.05, 0) is 54.5 Å². The molecule has 0 saturated heterocycles. The number of hydrogen-bond donors (Lipinski definition) is 0.